The molecule has 12 heteroatoms. The van der Waals surface area contributed by atoms with Gasteiger partial charge in [0, 0.05) is 17.1 Å². The van der Waals surface area contributed by atoms with Crippen LogP contribution >= 0.6 is 0 Å². The van der Waals surface area contributed by atoms with E-state index in [0.717, 1.165) is 0 Å². The van der Waals surface area contributed by atoms with Crippen LogP contribution in [0.5, 0.6) is 5.75 Å². The third-order valence-electron chi connectivity index (χ3n) is 7.88. The fourth-order valence-electron chi connectivity index (χ4n) is 6.30. The molecule has 3 aliphatic carbocycles. The molecule has 1 aromatic rings. The molecule has 7 N–H and O–H groups in total. The van der Waals surface area contributed by atoms with Crippen LogP contribution in [0.3, 0.4) is 0 Å². The van der Waals surface area contributed by atoms with Gasteiger partial charge < -0.3 is 40.7 Å². The number of hydrogen-bond donors (Lipinski definition) is 6. The highest BCUT2D eigenvalue weighted by Gasteiger charge is 2.68. The summed E-state index contributed by atoms with van der Waals surface area (Å²) in [6.07, 6.45) is 2.18. The van der Waals surface area contributed by atoms with Crippen LogP contribution in [0, 0.1) is 11.8 Å². The van der Waals surface area contributed by atoms with E-state index in [9.17, 15) is 39.9 Å². The molecule has 0 radical (unpaired) electrons. The number of amides is 1. The Balaban J connectivity index is 1.81. The van der Waals surface area contributed by atoms with Gasteiger partial charge in [-0.2, -0.15) is 0 Å². The fraction of sp³-hybridized carbons (Fsp3) is 0.346. The number of phenolic OH excluding ortho intramolecular Hbond substituents is 1. The molecule has 12 nitrogen and oxygen atoms in total. The van der Waals surface area contributed by atoms with Crippen molar-refractivity contribution >= 4 is 29.0 Å². The van der Waals surface area contributed by atoms with E-state index in [2.05, 4.69) is 0 Å². The second-order valence-corrected chi connectivity index (χ2v) is 9.98. The number of aromatic hydroxyl groups is 1. The number of carbonyl (C=O) groups is 3. The molecular weight excluding hydrogens is 500 g/mol. The van der Waals surface area contributed by atoms with Crippen molar-refractivity contribution in [2.24, 2.45) is 17.6 Å². The zero-order valence-electron chi connectivity index (χ0n) is 20.6. The number of fused-ring (bicyclic) bond motifs is 3. The van der Waals surface area contributed by atoms with E-state index < -0.39 is 81.4 Å². The number of primary amides is 1. The van der Waals surface area contributed by atoms with Crippen LogP contribution in [0.25, 0.3) is 11.5 Å². The van der Waals surface area contributed by atoms with Gasteiger partial charge in [0.2, 0.25) is 5.78 Å². The standard InChI is InChI=1S/C26H26N2O10/c1-9-13-10(12-8-37-6-7-38-12)4-5-11(29)15(13)20(30)16-14(9)21(31)18-19(28(2)3)22(32)17(25(27)35)24(34)26(18,36)23(16)33/h4-9,14,18-19,21,29-31,34,36H,1-3H3,(H2,27,35)/t9-,14+,18+,19-,21-,26-/m0/s1. The highest BCUT2D eigenvalue weighted by molar-refractivity contribution is 6.24. The van der Waals surface area contributed by atoms with Crippen LogP contribution in [0.1, 0.15) is 29.5 Å². The van der Waals surface area contributed by atoms with Crippen molar-refractivity contribution in [2.45, 2.75) is 30.6 Å². The smallest absolute Gasteiger partial charge is 0.255 e. The summed E-state index contributed by atoms with van der Waals surface area (Å²) in [5.74, 6) is -9.38. The quantitative estimate of drug-likeness (QED) is 0.296. The normalized spacial score (nSPS) is 32.3. The average molecular weight is 526 g/mol. The van der Waals surface area contributed by atoms with Gasteiger partial charge in [-0.25, -0.2) is 0 Å². The minimum atomic E-state index is -2.97. The van der Waals surface area contributed by atoms with E-state index in [-0.39, 0.29) is 11.3 Å². The third kappa shape index (κ3) is 3.11. The number of carbonyl (C=O) groups excluding carboxylic acids is 3. The lowest BCUT2D eigenvalue weighted by Crippen LogP contribution is -2.70. The summed E-state index contributed by atoms with van der Waals surface area (Å²) >= 11 is 0. The molecule has 0 aromatic heterocycles. The number of ketones is 2. The number of benzene rings is 1. The minimum absolute atomic E-state index is 0.141. The molecule has 1 aliphatic heterocycles. The van der Waals surface area contributed by atoms with Crippen LogP contribution < -0.4 is 5.73 Å². The highest BCUT2D eigenvalue weighted by atomic mass is 16.5. The van der Waals surface area contributed by atoms with Gasteiger partial charge in [0.05, 0.1) is 23.6 Å². The van der Waals surface area contributed by atoms with Crippen molar-refractivity contribution in [1.82, 2.24) is 4.90 Å². The maximum absolute atomic E-state index is 14.0. The monoisotopic (exact) mass is 526 g/mol. The van der Waals surface area contributed by atoms with Crippen molar-refractivity contribution < 1.29 is 49.4 Å². The number of likely N-dealkylation sites (N-methyl/N-ethyl adjacent to an activating group) is 1. The molecular formula is C26H26N2O10. The molecule has 200 valence electrons. The van der Waals surface area contributed by atoms with Crippen molar-refractivity contribution in [3.63, 3.8) is 0 Å². The van der Waals surface area contributed by atoms with E-state index in [1.54, 1.807) is 6.92 Å². The Kier molecular flexibility index (Phi) is 5.67. The third-order valence-corrected chi connectivity index (χ3v) is 7.88. The topological polar surface area (TPSA) is 200 Å². The number of aliphatic hydroxyl groups excluding tert-OH is 3. The number of nitrogens with two attached hydrogens (primary N) is 1. The average Bonchev–Trinajstić information content (AvgIpc) is 2.86. The second kappa shape index (κ2) is 8.45. The molecule has 1 aromatic carbocycles. The molecule has 4 aliphatic rings. The Morgan fingerprint density at radius 1 is 1.13 bits per heavy atom. The summed E-state index contributed by atoms with van der Waals surface area (Å²) in [5, 5.41) is 56.4. The van der Waals surface area contributed by atoms with Gasteiger partial charge in [-0.15, -0.1) is 0 Å². The molecule has 1 fully saturated rings. The van der Waals surface area contributed by atoms with Gasteiger partial charge in [0.15, 0.2) is 17.1 Å². The van der Waals surface area contributed by atoms with E-state index in [0.29, 0.717) is 11.1 Å². The van der Waals surface area contributed by atoms with Gasteiger partial charge in [0.1, 0.15) is 41.6 Å². The van der Waals surface area contributed by atoms with E-state index in [4.69, 9.17) is 15.2 Å². The first-order valence-corrected chi connectivity index (χ1v) is 11.7. The molecule has 38 heavy (non-hydrogen) atoms. The van der Waals surface area contributed by atoms with Crippen LogP contribution in [-0.4, -0.2) is 79.7 Å². The number of ether oxygens (including phenoxy) is 2. The molecule has 1 amide bonds. The number of aliphatic hydroxyl groups is 4. The summed E-state index contributed by atoms with van der Waals surface area (Å²) in [7, 11) is 2.89. The predicted octanol–water partition coefficient (Wildman–Crippen LogP) is 0.312. The Morgan fingerprint density at radius 2 is 1.82 bits per heavy atom. The van der Waals surface area contributed by atoms with Gasteiger partial charge >= 0.3 is 0 Å². The highest BCUT2D eigenvalue weighted by Crippen LogP contribution is 2.57. The van der Waals surface area contributed by atoms with Crippen molar-refractivity contribution in [3.8, 4) is 5.75 Å². The van der Waals surface area contributed by atoms with Crippen LogP contribution in [0.2, 0.25) is 0 Å². The Bertz CT molecular complexity index is 1420. The molecule has 1 heterocycles. The SMILES string of the molecule is C[C@H]1c2c(C3=COC=CO3)ccc(O)c2C(O)=C2C(=O)[C@]3(O)C(O)=C(C(N)=O)C(=O)[C@@H](N(C)C)[C@@H]3[C@@H](O)[C@@H]21. The van der Waals surface area contributed by atoms with Gasteiger partial charge in [-0.3, -0.25) is 19.3 Å². The first-order valence-electron chi connectivity index (χ1n) is 11.7. The lowest BCUT2D eigenvalue weighted by Gasteiger charge is -2.53. The fourth-order valence-corrected chi connectivity index (χ4v) is 6.30. The van der Waals surface area contributed by atoms with E-state index in [1.807, 2.05) is 0 Å². The number of Topliss-reactive ketones (excluding diaryl/α,β-unsaturated/α-hetero) is 2. The first kappa shape index (κ1) is 25.5. The Hall–Kier alpha value is -4.13. The van der Waals surface area contributed by atoms with Crippen molar-refractivity contribution in [3.05, 3.63) is 64.5 Å². The zero-order chi connectivity index (χ0) is 27.8. The molecule has 0 unspecified atom stereocenters. The number of rotatable bonds is 3. The number of nitrogens with zero attached hydrogens (tertiary/aromatic N) is 1. The lowest BCUT2D eigenvalue weighted by atomic mass is 9.54. The summed E-state index contributed by atoms with van der Waals surface area (Å²) in [6.45, 7) is 1.64. The van der Waals surface area contributed by atoms with E-state index >= 15 is 0 Å². The minimum Gasteiger partial charge on any atom is -0.508 e. The molecule has 5 rings (SSSR count). The summed E-state index contributed by atoms with van der Waals surface area (Å²) in [5.41, 5.74) is 1.48. The van der Waals surface area contributed by atoms with Crippen LogP contribution in [0.15, 0.2) is 47.8 Å². The molecule has 0 spiro atoms. The van der Waals surface area contributed by atoms with Gasteiger partial charge in [-0.05, 0) is 37.7 Å². The van der Waals surface area contributed by atoms with Gasteiger partial charge in [-0.1, -0.05) is 6.92 Å². The molecule has 1 saturated carbocycles. The van der Waals surface area contributed by atoms with Crippen molar-refractivity contribution in [1.29, 1.82) is 0 Å². The second-order valence-electron chi connectivity index (χ2n) is 9.98. The van der Waals surface area contributed by atoms with Gasteiger partial charge in [0.25, 0.3) is 5.91 Å². The Labute approximate surface area is 216 Å². The largest absolute Gasteiger partial charge is 0.508 e. The molecule has 0 bridgehead atoms. The number of phenols is 1. The van der Waals surface area contributed by atoms with Crippen LogP contribution in [-0.2, 0) is 23.9 Å². The first-order chi connectivity index (χ1) is 17.8. The van der Waals surface area contributed by atoms with Crippen molar-refractivity contribution in [2.75, 3.05) is 14.1 Å². The predicted molar refractivity (Wildman–Crippen MR) is 130 cm³/mol. The van der Waals surface area contributed by atoms with E-state index in [1.165, 1.54) is 49.9 Å². The summed E-state index contributed by atoms with van der Waals surface area (Å²) < 4.78 is 10.7. The lowest BCUT2D eigenvalue weighted by molar-refractivity contribution is -0.169. The summed E-state index contributed by atoms with van der Waals surface area (Å²) in [4.78, 5) is 40.6. The maximum Gasteiger partial charge on any atom is 0.255 e. The Morgan fingerprint density at radius 3 is 2.39 bits per heavy atom. The van der Waals surface area contributed by atoms with Crippen LogP contribution in [0.4, 0.5) is 0 Å². The zero-order valence-corrected chi connectivity index (χ0v) is 20.6. The molecule has 6 atom stereocenters. The number of hydrogen-bond acceptors (Lipinski definition) is 11. The maximum atomic E-state index is 14.0. The summed E-state index contributed by atoms with van der Waals surface area (Å²) in [6, 6.07) is 1.36. The molecule has 0 saturated heterocycles.